The normalized spacial score (nSPS) is 11.2. The van der Waals surface area contributed by atoms with Gasteiger partial charge < -0.3 is 22.1 Å². The van der Waals surface area contributed by atoms with E-state index in [0.29, 0.717) is 10.8 Å². The van der Waals surface area contributed by atoms with Crippen LogP contribution in [0, 0.1) is 22.7 Å². The van der Waals surface area contributed by atoms with Crippen molar-refractivity contribution in [2.24, 2.45) is 34.1 Å². The molecule has 4 heteroatoms. The van der Waals surface area contributed by atoms with Gasteiger partial charge in [0.05, 0.1) is 0 Å². The molecule has 0 saturated heterocycles. The number of allylic oxidation sites excluding steroid dienone is 8. The molecule has 0 spiro atoms. The molecule has 0 rings (SSSR count). The molecule has 280 valence electrons. The Morgan fingerprint density at radius 2 is 0.938 bits per heavy atom. The van der Waals surface area contributed by atoms with Crippen molar-refractivity contribution in [2.45, 2.75) is 117 Å². The number of nitrogens with two attached hydrogens (primary N) is 2. The molecule has 0 heterocycles. The van der Waals surface area contributed by atoms with E-state index in [2.05, 4.69) is 77.1 Å². The van der Waals surface area contributed by atoms with Gasteiger partial charge in [-0.2, -0.15) is 0 Å². The van der Waals surface area contributed by atoms with Crippen LogP contribution in [0.5, 0.6) is 0 Å². The molecule has 0 bridgehead atoms. The van der Waals surface area contributed by atoms with Crippen molar-refractivity contribution in [1.82, 2.24) is 10.6 Å². The van der Waals surface area contributed by atoms with Gasteiger partial charge in [-0.05, 0) is 166 Å². The van der Waals surface area contributed by atoms with Crippen molar-refractivity contribution in [3.05, 3.63) is 101 Å². The fourth-order valence-electron chi connectivity index (χ4n) is 5.75. The predicted octanol–water partition coefficient (Wildman–Crippen LogP) is 11.3. The molecule has 0 radical (unpaired) electrons. The van der Waals surface area contributed by atoms with Crippen LogP contribution in [0.2, 0.25) is 0 Å². The Kier molecular flexibility index (Phi) is 44.8. The third-order valence-electron chi connectivity index (χ3n) is 9.05. The van der Waals surface area contributed by atoms with E-state index in [1.54, 1.807) is 0 Å². The van der Waals surface area contributed by atoms with Gasteiger partial charge in [0.25, 0.3) is 0 Å². The fraction of sp³-hybridized carbons (Fsp3) is 0.636. The zero-order valence-electron chi connectivity index (χ0n) is 32.7. The summed E-state index contributed by atoms with van der Waals surface area (Å²) >= 11 is 0. The van der Waals surface area contributed by atoms with Crippen LogP contribution in [0.25, 0.3) is 0 Å². The average Bonchev–Trinajstić information content (AvgIpc) is 3.08. The van der Waals surface area contributed by atoms with Crippen molar-refractivity contribution in [1.29, 1.82) is 0 Å². The Labute approximate surface area is 302 Å². The number of nitrogens with one attached hydrogen (secondary N) is 2. The highest BCUT2D eigenvalue weighted by Crippen LogP contribution is 2.35. The Morgan fingerprint density at radius 3 is 1.27 bits per heavy atom. The Bertz CT molecular complexity index is 736. The third-order valence-corrected chi connectivity index (χ3v) is 9.05. The van der Waals surface area contributed by atoms with Crippen LogP contribution in [0.4, 0.5) is 0 Å². The van der Waals surface area contributed by atoms with E-state index in [1.165, 1.54) is 38.5 Å². The van der Waals surface area contributed by atoms with Crippen LogP contribution in [0.3, 0.4) is 0 Å². The smallest absolute Gasteiger partial charge is 0.00464 e. The molecular formula is C44H84N4. The highest BCUT2D eigenvalue weighted by atomic mass is 14.8. The lowest BCUT2D eigenvalue weighted by molar-refractivity contribution is 0.256. The second-order valence-corrected chi connectivity index (χ2v) is 13.4. The van der Waals surface area contributed by atoms with Crippen LogP contribution in [0.15, 0.2) is 101 Å². The summed E-state index contributed by atoms with van der Waals surface area (Å²) in [5.41, 5.74) is 11.7. The summed E-state index contributed by atoms with van der Waals surface area (Å²) in [4.78, 5) is 0. The molecule has 0 aromatic heterocycles. The molecule has 1 unspecified atom stereocenters. The van der Waals surface area contributed by atoms with Crippen LogP contribution >= 0.6 is 0 Å². The van der Waals surface area contributed by atoms with Gasteiger partial charge in [-0.15, -0.1) is 52.6 Å². The minimum Gasteiger partial charge on any atom is -0.330 e. The van der Waals surface area contributed by atoms with Gasteiger partial charge in [0, 0.05) is 0 Å². The summed E-state index contributed by atoms with van der Waals surface area (Å²) in [6, 6.07) is 0. The lowest BCUT2D eigenvalue weighted by atomic mass is 9.76. The Balaban J connectivity index is -0.000000269. The molecule has 0 aliphatic carbocycles. The number of hydrogen-bond acceptors (Lipinski definition) is 4. The van der Waals surface area contributed by atoms with Gasteiger partial charge in [0.1, 0.15) is 0 Å². The molecule has 0 fully saturated rings. The minimum atomic E-state index is 0.354. The topological polar surface area (TPSA) is 76.1 Å². The van der Waals surface area contributed by atoms with Gasteiger partial charge in [0.15, 0.2) is 0 Å². The average molecular weight is 669 g/mol. The first-order chi connectivity index (χ1) is 23.1. The molecule has 0 aromatic carbocycles. The van der Waals surface area contributed by atoms with E-state index in [1.807, 2.05) is 62.7 Å². The molecule has 0 aliphatic heterocycles. The predicted molar refractivity (Wildman–Crippen MR) is 225 cm³/mol. The number of rotatable bonds is 30. The second-order valence-electron chi connectivity index (χ2n) is 13.4. The summed E-state index contributed by atoms with van der Waals surface area (Å²) < 4.78 is 0. The SMILES string of the molecule is C=CCC(C)(CC=C)CCNC.C=CCC(CC)(CC=C)CCNC.C=CCCC(CC=C)CCN.C=CCCC(CCN)CCC=C. The van der Waals surface area contributed by atoms with E-state index in [-0.39, 0.29) is 0 Å². The van der Waals surface area contributed by atoms with Crippen LogP contribution in [-0.2, 0) is 0 Å². The maximum Gasteiger partial charge on any atom is -0.00464 e. The molecule has 0 aromatic rings. The van der Waals surface area contributed by atoms with Gasteiger partial charge in [-0.1, -0.05) is 62.5 Å². The summed E-state index contributed by atoms with van der Waals surface area (Å²) in [6.45, 7) is 38.4. The minimum absolute atomic E-state index is 0.354. The Morgan fingerprint density at radius 1 is 0.542 bits per heavy atom. The van der Waals surface area contributed by atoms with E-state index in [9.17, 15) is 0 Å². The summed E-state index contributed by atoms with van der Waals surface area (Å²) in [5.74, 6) is 1.49. The lowest BCUT2D eigenvalue weighted by Gasteiger charge is -2.30. The van der Waals surface area contributed by atoms with Crippen molar-refractivity contribution in [2.75, 3.05) is 40.3 Å². The van der Waals surface area contributed by atoms with Gasteiger partial charge in [-0.25, -0.2) is 0 Å². The van der Waals surface area contributed by atoms with Crippen molar-refractivity contribution in [3.8, 4) is 0 Å². The molecule has 6 N–H and O–H groups in total. The van der Waals surface area contributed by atoms with E-state index in [4.69, 9.17) is 11.5 Å². The van der Waals surface area contributed by atoms with Crippen LogP contribution < -0.4 is 22.1 Å². The monoisotopic (exact) mass is 669 g/mol. The number of hydrogen-bond donors (Lipinski definition) is 4. The van der Waals surface area contributed by atoms with Crippen molar-refractivity contribution < 1.29 is 0 Å². The van der Waals surface area contributed by atoms with Gasteiger partial charge >= 0.3 is 0 Å². The highest BCUT2D eigenvalue weighted by Gasteiger charge is 2.24. The van der Waals surface area contributed by atoms with E-state index < -0.39 is 0 Å². The van der Waals surface area contributed by atoms with Crippen LogP contribution in [0.1, 0.15) is 117 Å². The molecule has 0 amide bonds. The highest BCUT2D eigenvalue weighted by molar-refractivity contribution is 4.91. The first kappa shape index (κ1) is 52.6. The maximum absolute atomic E-state index is 5.52. The molecule has 48 heavy (non-hydrogen) atoms. The first-order valence-corrected chi connectivity index (χ1v) is 18.7. The van der Waals surface area contributed by atoms with Gasteiger partial charge in [-0.3, -0.25) is 0 Å². The summed E-state index contributed by atoms with van der Waals surface area (Å²) in [7, 11) is 3.99. The maximum atomic E-state index is 5.52. The van der Waals surface area contributed by atoms with E-state index in [0.717, 1.165) is 102 Å². The van der Waals surface area contributed by atoms with Crippen LogP contribution in [-0.4, -0.2) is 40.3 Å². The van der Waals surface area contributed by atoms with Gasteiger partial charge in [0.2, 0.25) is 0 Å². The summed E-state index contributed by atoms with van der Waals surface area (Å²) in [6.07, 6.45) is 34.2. The zero-order valence-corrected chi connectivity index (χ0v) is 32.7. The first-order valence-electron chi connectivity index (χ1n) is 18.7. The fourth-order valence-corrected chi connectivity index (χ4v) is 5.75. The standard InChI is InChI=1S/C12H23N.2C11H21N.C10H19N/c1-5-8-12(7-3,9-6-2)10-11-13-4;1-5-7-11(3,8-6-2)9-10-12-4;1-3-5-7-11(9-10-12)8-6-4-2;1-3-5-7-10(6-4-2)8-9-11/h5-6,13H,1-2,7-11H2,3-4H3;5-6,12H,1-2,7-10H2,3-4H3;3-4,11H,1-2,5-10,12H2;3-4,10H,1-2,5-9,11H2. The quantitative estimate of drug-likeness (QED) is 0.0575. The summed E-state index contributed by atoms with van der Waals surface area (Å²) in [5, 5.41) is 6.38. The molecule has 4 nitrogen and oxygen atoms in total. The molecule has 0 saturated carbocycles. The molecular weight excluding hydrogens is 585 g/mol. The largest absolute Gasteiger partial charge is 0.330 e. The van der Waals surface area contributed by atoms with Crippen molar-refractivity contribution in [3.63, 3.8) is 0 Å². The van der Waals surface area contributed by atoms with E-state index >= 15 is 0 Å². The zero-order chi connectivity index (χ0) is 37.4. The second kappa shape index (κ2) is 40.9. The Hall–Kier alpha value is -2.24. The molecule has 1 atom stereocenters. The lowest BCUT2D eigenvalue weighted by Crippen LogP contribution is -2.24. The van der Waals surface area contributed by atoms with Crippen molar-refractivity contribution >= 4 is 0 Å². The third kappa shape index (κ3) is 35.1. The molecule has 0 aliphatic rings.